The molecule has 6 nitrogen and oxygen atoms in total. The summed E-state index contributed by atoms with van der Waals surface area (Å²) in [5.74, 6) is -2.02. The van der Waals surface area contributed by atoms with Crippen molar-refractivity contribution in [3.8, 4) is 17.2 Å². The summed E-state index contributed by atoms with van der Waals surface area (Å²) in [6.45, 7) is 1.38. The molecule has 2 unspecified atom stereocenters. The largest absolute Gasteiger partial charge is 0.417 e. The molecule has 40 heavy (non-hydrogen) atoms. The predicted molar refractivity (Wildman–Crippen MR) is 133 cm³/mol. The second-order valence-corrected chi connectivity index (χ2v) is 11.9. The normalized spacial score (nSPS) is 22.9. The summed E-state index contributed by atoms with van der Waals surface area (Å²) >= 11 is 0.779. The van der Waals surface area contributed by atoms with Crippen molar-refractivity contribution in [2.45, 2.75) is 73.1 Å². The van der Waals surface area contributed by atoms with E-state index in [0.717, 1.165) is 22.7 Å². The number of nitriles is 1. The Morgan fingerprint density at radius 1 is 1.07 bits per heavy atom. The number of pyridine rings is 1. The predicted octanol–water partition coefficient (Wildman–Crippen LogP) is 5.65. The fraction of sp³-hybridized carbons (Fsp3) is 0.481. The number of alkyl halides is 6. The van der Waals surface area contributed by atoms with Gasteiger partial charge in [0, 0.05) is 28.6 Å². The van der Waals surface area contributed by atoms with Gasteiger partial charge in [0.15, 0.2) is 0 Å². The first-order chi connectivity index (χ1) is 18.7. The number of aromatic nitrogens is 1. The van der Waals surface area contributed by atoms with Crippen molar-refractivity contribution >= 4 is 23.6 Å². The van der Waals surface area contributed by atoms with E-state index in [0.29, 0.717) is 29.7 Å². The van der Waals surface area contributed by atoms with Gasteiger partial charge in [-0.05, 0) is 74.4 Å². The number of carbonyl (C=O) groups is 2. The first kappa shape index (κ1) is 28.3. The van der Waals surface area contributed by atoms with Crippen LogP contribution in [-0.4, -0.2) is 51.3 Å². The Morgan fingerprint density at radius 3 is 2.30 bits per heavy atom. The van der Waals surface area contributed by atoms with Crippen LogP contribution in [0.1, 0.15) is 43.4 Å². The van der Waals surface area contributed by atoms with Gasteiger partial charge in [-0.1, -0.05) is 6.07 Å². The van der Waals surface area contributed by atoms with Gasteiger partial charge in [-0.2, -0.15) is 31.6 Å². The van der Waals surface area contributed by atoms with Crippen LogP contribution in [0.5, 0.6) is 0 Å². The van der Waals surface area contributed by atoms with Crippen molar-refractivity contribution in [1.82, 2.24) is 15.2 Å². The molecule has 1 aromatic carbocycles. The molecule has 1 aromatic heterocycles. The SMILES string of the molecule is Cc1cc(-c2ccc(SC3CC(C(=O)NC4(C#N)CC4)N(C(=O)C4(C(F)(F)F)CC4)C3)c(C(F)(F)F)c2)ccn1. The van der Waals surface area contributed by atoms with E-state index in [2.05, 4.69) is 10.3 Å². The third-order valence-electron chi connectivity index (χ3n) is 7.66. The number of thioether (sulfide) groups is 1. The number of aryl methyl sites for hydroxylation is 1. The molecule has 13 heteroatoms. The lowest BCUT2D eigenvalue weighted by Gasteiger charge is -2.29. The van der Waals surface area contributed by atoms with Gasteiger partial charge in [0.25, 0.3) is 0 Å². The van der Waals surface area contributed by atoms with Gasteiger partial charge >= 0.3 is 12.4 Å². The van der Waals surface area contributed by atoms with E-state index in [1.165, 1.54) is 18.3 Å². The van der Waals surface area contributed by atoms with Crippen LogP contribution in [0.2, 0.25) is 0 Å². The molecule has 3 fully saturated rings. The van der Waals surface area contributed by atoms with Crippen molar-refractivity contribution in [1.29, 1.82) is 5.26 Å². The van der Waals surface area contributed by atoms with E-state index in [9.17, 15) is 41.2 Å². The molecule has 1 saturated heterocycles. The van der Waals surface area contributed by atoms with Gasteiger partial charge in [0.1, 0.15) is 17.0 Å². The molecule has 5 rings (SSSR count). The molecule has 1 aliphatic heterocycles. The van der Waals surface area contributed by atoms with Gasteiger partial charge in [-0.25, -0.2) is 0 Å². The highest BCUT2D eigenvalue weighted by Gasteiger charge is 2.70. The Bertz CT molecular complexity index is 1390. The lowest BCUT2D eigenvalue weighted by atomic mass is 10.0. The summed E-state index contributed by atoms with van der Waals surface area (Å²) < 4.78 is 83.7. The van der Waals surface area contributed by atoms with E-state index in [1.54, 1.807) is 19.1 Å². The van der Waals surface area contributed by atoms with Crippen LogP contribution in [0.3, 0.4) is 0 Å². The van der Waals surface area contributed by atoms with Gasteiger partial charge < -0.3 is 10.2 Å². The number of hydrogen-bond acceptors (Lipinski definition) is 5. The number of carbonyl (C=O) groups excluding carboxylic acids is 2. The summed E-state index contributed by atoms with van der Waals surface area (Å²) in [7, 11) is 0. The van der Waals surface area contributed by atoms with Gasteiger partial charge in [-0.15, -0.1) is 11.8 Å². The molecule has 0 bridgehead atoms. The molecule has 2 amide bonds. The van der Waals surface area contributed by atoms with E-state index in [4.69, 9.17) is 0 Å². The quantitative estimate of drug-likeness (QED) is 0.445. The zero-order valence-corrected chi connectivity index (χ0v) is 22.0. The van der Waals surface area contributed by atoms with Gasteiger partial charge in [-0.3, -0.25) is 14.6 Å². The third-order valence-corrected chi connectivity index (χ3v) is 8.95. The maximum absolute atomic E-state index is 14.1. The standard InChI is InChI=1S/C27H24F6N4O2S/c1-15-10-17(4-9-35-15)16-2-3-21(19(11-16)26(28,29)30)40-18-12-20(22(38)36-24(14-34)5-6-24)37(13-18)23(39)25(7-8-25)27(31,32)33/h2-4,9-11,18,20H,5-8,12-13H2,1H3,(H,36,38). The molecule has 2 heterocycles. The summed E-state index contributed by atoms with van der Waals surface area (Å²) in [5, 5.41) is 11.1. The molecule has 2 aliphatic carbocycles. The molecule has 2 aromatic rings. The number of nitrogens with zero attached hydrogens (tertiary/aromatic N) is 3. The molecule has 2 saturated carbocycles. The Balaban J connectivity index is 1.43. The number of rotatable bonds is 6. The molecule has 0 spiro atoms. The maximum Gasteiger partial charge on any atom is 0.417 e. The summed E-state index contributed by atoms with van der Waals surface area (Å²) in [6.07, 6.45) is -8.28. The number of hydrogen-bond donors (Lipinski definition) is 1. The minimum Gasteiger partial charge on any atom is -0.336 e. The highest BCUT2D eigenvalue weighted by Crippen LogP contribution is 2.59. The van der Waals surface area contributed by atoms with Crippen LogP contribution >= 0.6 is 11.8 Å². The molecule has 1 N–H and O–H groups in total. The lowest BCUT2D eigenvalue weighted by Crippen LogP contribution is -2.53. The highest BCUT2D eigenvalue weighted by atomic mass is 32.2. The molecular formula is C27H24F6N4O2S. The van der Waals surface area contributed by atoms with Crippen molar-refractivity contribution in [2.24, 2.45) is 5.41 Å². The lowest BCUT2D eigenvalue weighted by molar-refractivity contribution is -0.199. The average Bonchev–Trinajstić information content (AvgIpc) is 3.80. The minimum absolute atomic E-state index is 0.152. The number of amides is 2. The highest BCUT2D eigenvalue weighted by molar-refractivity contribution is 8.00. The molecule has 0 radical (unpaired) electrons. The van der Waals surface area contributed by atoms with E-state index >= 15 is 0 Å². The third kappa shape index (κ3) is 5.25. The van der Waals surface area contributed by atoms with Crippen molar-refractivity contribution in [3.05, 3.63) is 47.8 Å². The van der Waals surface area contributed by atoms with Crippen LogP contribution in [-0.2, 0) is 15.8 Å². The number of halogens is 6. The van der Waals surface area contributed by atoms with E-state index < -0.39 is 64.8 Å². The molecular weight excluding hydrogens is 558 g/mol. The van der Waals surface area contributed by atoms with Crippen LogP contribution in [0.4, 0.5) is 26.3 Å². The number of benzene rings is 1. The number of likely N-dealkylation sites (tertiary alicyclic amines) is 1. The zero-order chi connectivity index (χ0) is 29.1. The smallest absolute Gasteiger partial charge is 0.336 e. The first-order valence-electron chi connectivity index (χ1n) is 12.6. The Morgan fingerprint density at radius 2 is 1.75 bits per heavy atom. The summed E-state index contributed by atoms with van der Waals surface area (Å²) in [4.78, 5) is 31.0. The van der Waals surface area contributed by atoms with Crippen molar-refractivity contribution in [2.75, 3.05) is 6.54 Å². The van der Waals surface area contributed by atoms with Crippen LogP contribution in [0.15, 0.2) is 41.4 Å². The van der Waals surface area contributed by atoms with E-state index in [1.807, 2.05) is 6.07 Å². The zero-order valence-electron chi connectivity index (χ0n) is 21.2. The average molecular weight is 583 g/mol. The second kappa shape index (κ2) is 9.68. The molecule has 212 valence electrons. The Labute approximate surface area is 230 Å². The fourth-order valence-electron chi connectivity index (χ4n) is 5.02. The summed E-state index contributed by atoms with van der Waals surface area (Å²) in [5.41, 5.74) is -3.15. The second-order valence-electron chi connectivity index (χ2n) is 10.6. The van der Waals surface area contributed by atoms with Crippen LogP contribution < -0.4 is 5.32 Å². The van der Waals surface area contributed by atoms with Crippen molar-refractivity contribution in [3.63, 3.8) is 0 Å². The van der Waals surface area contributed by atoms with Crippen molar-refractivity contribution < 1.29 is 35.9 Å². The minimum atomic E-state index is -4.81. The summed E-state index contributed by atoms with van der Waals surface area (Å²) in [6, 6.07) is 7.68. The topological polar surface area (TPSA) is 86.1 Å². The van der Waals surface area contributed by atoms with Gasteiger partial charge in [0.05, 0.1) is 11.6 Å². The van der Waals surface area contributed by atoms with E-state index in [-0.39, 0.29) is 17.9 Å². The first-order valence-corrected chi connectivity index (χ1v) is 13.5. The number of nitrogens with one attached hydrogen (secondary N) is 1. The molecule has 2 atom stereocenters. The van der Waals surface area contributed by atoms with Gasteiger partial charge in [0.2, 0.25) is 11.8 Å². The fourth-order valence-corrected chi connectivity index (χ4v) is 6.34. The Kier molecular flexibility index (Phi) is 6.84. The maximum atomic E-state index is 14.1. The Hall–Kier alpha value is -3.27. The molecule has 3 aliphatic rings. The van der Waals surface area contributed by atoms with Crippen LogP contribution in [0, 0.1) is 23.7 Å². The van der Waals surface area contributed by atoms with Crippen LogP contribution in [0.25, 0.3) is 11.1 Å². The monoisotopic (exact) mass is 582 g/mol.